The lowest BCUT2D eigenvalue weighted by Crippen LogP contribution is -2.50. The number of hydrogen-bond acceptors (Lipinski definition) is 3. The van der Waals surface area contributed by atoms with Crippen LogP contribution in [0, 0.1) is 0 Å². The van der Waals surface area contributed by atoms with E-state index in [2.05, 4.69) is 5.32 Å². The number of carbonyl (C=O) groups excluding carboxylic acids is 1. The second-order valence-electron chi connectivity index (χ2n) is 3.12. The maximum atomic E-state index is 11.5. The van der Waals surface area contributed by atoms with E-state index in [-0.39, 0.29) is 11.9 Å². The van der Waals surface area contributed by atoms with Crippen LogP contribution < -0.4 is 16.3 Å². The molecule has 7 heteroatoms. The largest absolute Gasteiger partial charge is 0.309 e. The zero-order valence-corrected chi connectivity index (χ0v) is 8.46. The van der Waals surface area contributed by atoms with E-state index in [9.17, 15) is 9.36 Å². The number of piperidine rings is 1. The van der Waals surface area contributed by atoms with Gasteiger partial charge in [-0.05, 0) is 19.9 Å². The van der Waals surface area contributed by atoms with Crippen molar-refractivity contribution in [2.45, 2.75) is 18.9 Å². The molecule has 0 aromatic heterocycles. The van der Waals surface area contributed by atoms with Crippen LogP contribution in [0.25, 0.3) is 0 Å². The smallest absolute Gasteiger partial charge is 0.302 e. The summed E-state index contributed by atoms with van der Waals surface area (Å²) in [5, 5.41) is 2.83. The van der Waals surface area contributed by atoms with Crippen molar-refractivity contribution in [3.8, 4) is 0 Å². The molecule has 0 aromatic rings. The van der Waals surface area contributed by atoms with E-state index in [1.54, 1.807) is 7.05 Å². The molecular formula is C6H15N4O2P. The molecule has 0 spiro atoms. The highest BCUT2D eigenvalue weighted by atomic mass is 31.2. The Kier molecular flexibility index (Phi) is 3.08. The Morgan fingerprint density at radius 2 is 2.23 bits per heavy atom. The fourth-order valence-electron chi connectivity index (χ4n) is 1.44. The highest BCUT2D eigenvalue weighted by Crippen LogP contribution is 2.34. The summed E-state index contributed by atoms with van der Waals surface area (Å²) in [4.78, 5) is 11.5. The molecule has 0 unspecified atom stereocenters. The number of hydrogen-bond donors (Lipinski definition) is 3. The molecule has 1 saturated heterocycles. The molecule has 0 aliphatic carbocycles. The fourth-order valence-corrected chi connectivity index (χ4v) is 2.34. The summed E-state index contributed by atoms with van der Waals surface area (Å²) in [6.07, 6.45) is 1.52. The van der Waals surface area contributed by atoms with Gasteiger partial charge in [-0.2, -0.15) is 0 Å². The number of likely N-dealkylation sites (N-methyl/N-ethyl adjacent to an activating group) is 1. The minimum atomic E-state index is -3.40. The van der Waals surface area contributed by atoms with Crippen molar-refractivity contribution < 1.29 is 9.36 Å². The van der Waals surface area contributed by atoms with E-state index in [4.69, 9.17) is 11.0 Å². The van der Waals surface area contributed by atoms with E-state index < -0.39 is 7.59 Å². The first-order valence-electron chi connectivity index (χ1n) is 4.13. The summed E-state index contributed by atoms with van der Waals surface area (Å²) >= 11 is 0. The van der Waals surface area contributed by atoms with Gasteiger partial charge in [0.2, 0.25) is 5.91 Å². The highest BCUT2D eigenvalue weighted by Gasteiger charge is 2.34. The van der Waals surface area contributed by atoms with Crippen LogP contribution in [0.15, 0.2) is 0 Å². The van der Waals surface area contributed by atoms with Crippen LogP contribution in [0.5, 0.6) is 0 Å². The van der Waals surface area contributed by atoms with Gasteiger partial charge in [0.15, 0.2) is 0 Å². The van der Waals surface area contributed by atoms with Crippen LogP contribution in [0.4, 0.5) is 0 Å². The van der Waals surface area contributed by atoms with Crippen LogP contribution in [0.3, 0.4) is 0 Å². The number of amides is 1. The van der Waals surface area contributed by atoms with Crippen molar-refractivity contribution in [2.75, 3.05) is 13.6 Å². The quantitative estimate of drug-likeness (QED) is 0.514. The molecule has 76 valence electrons. The molecule has 13 heavy (non-hydrogen) atoms. The highest BCUT2D eigenvalue weighted by molar-refractivity contribution is 7.57. The second-order valence-corrected chi connectivity index (χ2v) is 4.95. The van der Waals surface area contributed by atoms with E-state index >= 15 is 0 Å². The minimum absolute atomic E-state index is 0.262. The molecule has 1 rings (SSSR count). The van der Waals surface area contributed by atoms with Crippen LogP contribution in [0.2, 0.25) is 0 Å². The molecule has 1 heterocycles. The van der Waals surface area contributed by atoms with Crippen molar-refractivity contribution in [3.05, 3.63) is 0 Å². The topological polar surface area (TPSA) is 101 Å². The molecule has 6 nitrogen and oxygen atoms in total. The number of carbonyl (C=O) groups is 1. The van der Waals surface area contributed by atoms with E-state index in [0.717, 1.165) is 17.5 Å². The Hall–Kier alpha value is -0.420. The predicted molar refractivity (Wildman–Crippen MR) is 49.8 cm³/mol. The average Bonchev–Trinajstić information content (AvgIpc) is 2.02. The molecular weight excluding hydrogens is 191 g/mol. The monoisotopic (exact) mass is 206 g/mol. The molecule has 1 atom stereocenters. The Balaban J connectivity index is 2.77. The third-order valence-corrected chi connectivity index (χ3v) is 3.29. The molecule has 1 aliphatic heterocycles. The standard InChI is InChI=1S/C6H15N4O2P/c1-9-5-3-2-4-10(6(5)11)13(7,8)12/h5,9H,2-4H2,1H3,(H4,7,8,12)/t5-/m0/s1. The molecule has 0 bridgehead atoms. The predicted octanol–water partition coefficient (Wildman–Crippen LogP) is -0.778. The Labute approximate surface area is 77.2 Å². The first kappa shape index (κ1) is 10.7. The van der Waals surface area contributed by atoms with Gasteiger partial charge in [-0.3, -0.25) is 25.0 Å². The molecule has 1 fully saturated rings. The van der Waals surface area contributed by atoms with Gasteiger partial charge >= 0.3 is 7.59 Å². The maximum Gasteiger partial charge on any atom is 0.302 e. The maximum absolute atomic E-state index is 11.5. The van der Waals surface area contributed by atoms with Gasteiger partial charge in [0, 0.05) is 6.54 Å². The normalized spacial score (nSPS) is 25.0. The lowest BCUT2D eigenvalue weighted by molar-refractivity contribution is -0.130. The van der Waals surface area contributed by atoms with Crippen molar-refractivity contribution in [1.29, 1.82) is 0 Å². The summed E-state index contributed by atoms with van der Waals surface area (Å²) < 4.78 is 12.4. The van der Waals surface area contributed by atoms with Crippen LogP contribution >= 0.6 is 7.59 Å². The zero-order chi connectivity index (χ0) is 10.1. The van der Waals surface area contributed by atoms with Crippen LogP contribution in [-0.2, 0) is 9.36 Å². The van der Waals surface area contributed by atoms with Gasteiger partial charge in [0.25, 0.3) is 0 Å². The summed E-state index contributed by atoms with van der Waals surface area (Å²) in [5.74, 6) is -0.262. The van der Waals surface area contributed by atoms with Gasteiger partial charge < -0.3 is 5.32 Å². The van der Waals surface area contributed by atoms with Crippen molar-refractivity contribution in [2.24, 2.45) is 11.0 Å². The van der Waals surface area contributed by atoms with Gasteiger partial charge in [-0.15, -0.1) is 0 Å². The third-order valence-electron chi connectivity index (χ3n) is 2.14. The number of nitrogens with two attached hydrogens (primary N) is 2. The lowest BCUT2D eigenvalue weighted by Gasteiger charge is -2.33. The van der Waals surface area contributed by atoms with Gasteiger partial charge in [0.05, 0.1) is 6.04 Å². The van der Waals surface area contributed by atoms with Crippen LogP contribution in [-0.4, -0.2) is 30.2 Å². The van der Waals surface area contributed by atoms with Gasteiger partial charge in [-0.1, -0.05) is 0 Å². The van der Waals surface area contributed by atoms with Crippen LogP contribution in [0.1, 0.15) is 12.8 Å². The zero-order valence-electron chi connectivity index (χ0n) is 7.56. The number of nitrogens with zero attached hydrogens (tertiary/aromatic N) is 1. The second kappa shape index (κ2) is 3.75. The first-order chi connectivity index (χ1) is 5.96. The van der Waals surface area contributed by atoms with E-state index in [1.807, 2.05) is 0 Å². The third kappa shape index (κ3) is 2.28. The molecule has 0 aromatic carbocycles. The number of rotatable bonds is 2. The summed E-state index contributed by atoms with van der Waals surface area (Å²) in [7, 11) is -1.72. The van der Waals surface area contributed by atoms with E-state index in [1.165, 1.54) is 0 Å². The fraction of sp³-hybridized carbons (Fsp3) is 0.833. The lowest BCUT2D eigenvalue weighted by atomic mass is 10.1. The van der Waals surface area contributed by atoms with Gasteiger partial charge in [-0.25, -0.2) is 0 Å². The molecule has 5 N–H and O–H groups in total. The van der Waals surface area contributed by atoms with E-state index in [0.29, 0.717) is 6.54 Å². The van der Waals surface area contributed by atoms with Gasteiger partial charge in [0.1, 0.15) is 0 Å². The Bertz CT molecular complexity index is 251. The summed E-state index contributed by atoms with van der Waals surface area (Å²) in [5.41, 5.74) is 10.5. The molecule has 0 radical (unpaired) electrons. The summed E-state index contributed by atoms with van der Waals surface area (Å²) in [6, 6.07) is -0.297. The Morgan fingerprint density at radius 1 is 1.62 bits per heavy atom. The SMILES string of the molecule is CN[C@H]1CCCN(P(N)(N)=O)C1=O. The van der Waals surface area contributed by atoms with Crippen molar-refractivity contribution >= 4 is 13.5 Å². The Morgan fingerprint density at radius 3 is 2.69 bits per heavy atom. The minimum Gasteiger partial charge on any atom is -0.309 e. The van der Waals surface area contributed by atoms with Crippen molar-refractivity contribution in [1.82, 2.24) is 9.99 Å². The first-order valence-corrected chi connectivity index (χ1v) is 5.93. The molecule has 1 aliphatic rings. The number of nitrogens with one attached hydrogen (secondary N) is 1. The molecule has 1 amide bonds. The van der Waals surface area contributed by atoms with Crippen molar-refractivity contribution in [3.63, 3.8) is 0 Å². The molecule has 0 saturated carbocycles. The average molecular weight is 206 g/mol. The summed E-state index contributed by atoms with van der Waals surface area (Å²) in [6.45, 7) is 0.390.